The molecule has 0 saturated carbocycles. The average molecular weight is 380 g/mol. The molecule has 0 unspecified atom stereocenters. The smallest absolute Gasteiger partial charge is 0.348 e. The Labute approximate surface area is 155 Å². The first-order chi connectivity index (χ1) is 13.3. The minimum atomic E-state index is -0.801. The van der Waals surface area contributed by atoms with Crippen molar-refractivity contribution in [1.29, 1.82) is 0 Å². The van der Waals surface area contributed by atoms with Crippen molar-refractivity contribution in [3.05, 3.63) is 68.6 Å². The molecule has 2 aromatic heterocycles. The van der Waals surface area contributed by atoms with Crippen molar-refractivity contribution >= 4 is 33.9 Å². The number of phenols is 4. The lowest BCUT2D eigenvalue weighted by atomic mass is 10.1. The van der Waals surface area contributed by atoms with Crippen LogP contribution in [0.1, 0.15) is 11.3 Å². The second-order valence-corrected chi connectivity index (χ2v) is 6.03. The molecule has 8 nitrogen and oxygen atoms in total. The highest BCUT2D eigenvalue weighted by Gasteiger charge is 2.15. The number of hydrogen-bond acceptors (Lipinski definition) is 8. The fourth-order valence-electron chi connectivity index (χ4n) is 2.82. The van der Waals surface area contributed by atoms with Gasteiger partial charge in [-0.15, -0.1) is 0 Å². The van der Waals surface area contributed by atoms with Gasteiger partial charge in [0.25, 0.3) is 0 Å². The summed E-state index contributed by atoms with van der Waals surface area (Å²) in [4.78, 5) is 24.6. The summed E-state index contributed by atoms with van der Waals surface area (Å²) in [6.07, 6.45) is 2.94. The molecule has 0 aliphatic carbocycles. The Hall–Kier alpha value is -4.20. The Morgan fingerprint density at radius 3 is 2.07 bits per heavy atom. The van der Waals surface area contributed by atoms with E-state index in [0.29, 0.717) is 5.56 Å². The summed E-state index contributed by atoms with van der Waals surface area (Å²) >= 11 is 0. The molecule has 0 aliphatic rings. The predicted molar refractivity (Wildman–Crippen MR) is 101 cm³/mol. The number of hydrogen-bond donors (Lipinski definition) is 4. The van der Waals surface area contributed by atoms with E-state index < -0.39 is 22.8 Å². The first-order valence-electron chi connectivity index (χ1n) is 8.00. The molecular weight excluding hydrogens is 368 g/mol. The van der Waals surface area contributed by atoms with Gasteiger partial charge in [-0.25, -0.2) is 9.59 Å². The van der Waals surface area contributed by atoms with Gasteiger partial charge in [0.1, 0.15) is 16.7 Å². The van der Waals surface area contributed by atoms with Gasteiger partial charge in [0.05, 0.1) is 5.39 Å². The molecule has 0 fully saturated rings. The van der Waals surface area contributed by atoms with Crippen LogP contribution in [-0.4, -0.2) is 20.4 Å². The summed E-state index contributed by atoms with van der Waals surface area (Å²) in [5.74, 6) is -1.49. The van der Waals surface area contributed by atoms with Crippen molar-refractivity contribution in [2.75, 3.05) is 0 Å². The zero-order valence-corrected chi connectivity index (χ0v) is 14.0. The number of fused-ring (bicyclic) bond motifs is 3. The van der Waals surface area contributed by atoms with E-state index in [-0.39, 0.29) is 39.0 Å². The molecule has 0 spiro atoms. The van der Waals surface area contributed by atoms with Gasteiger partial charge in [-0.2, -0.15) is 0 Å². The molecule has 0 radical (unpaired) electrons. The molecule has 2 aromatic carbocycles. The first kappa shape index (κ1) is 17.2. The van der Waals surface area contributed by atoms with Crippen molar-refractivity contribution in [2.45, 2.75) is 0 Å². The van der Waals surface area contributed by atoms with Crippen molar-refractivity contribution < 1.29 is 29.3 Å². The summed E-state index contributed by atoms with van der Waals surface area (Å²) in [5.41, 5.74) is -1.11. The van der Waals surface area contributed by atoms with E-state index in [9.17, 15) is 30.0 Å². The van der Waals surface area contributed by atoms with Gasteiger partial charge < -0.3 is 29.3 Å². The zero-order valence-electron chi connectivity index (χ0n) is 14.0. The van der Waals surface area contributed by atoms with Crippen LogP contribution in [0.2, 0.25) is 0 Å². The molecule has 0 aliphatic heterocycles. The van der Waals surface area contributed by atoms with Crippen molar-refractivity contribution in [3.8, 4) is 23.0 Å². The quantitative estimate of drug-likeness (QED) is 0.307. The highest BCUT2D eigenvalue weighted by Crippen LogP contribution is 2.32. The van der Waals surface area contributed by atoms with Gasteiger partial charge in [0, 0.05) is 11.5 Å². The van der Waals surface area contributed by atoms with Gasteiger partial charge in [0.15, 0.2) is 23.0 Å². The molecule has 4 aromatic rings. The summed E-state index contributed by atoms with van der Waals surface area (Å²) < 4.78 is 10.4. The Balaban J connectivity index is 1.89. The largest absolute Gasteiger partial charge is 0.504 e. The third-order valence-corrected chi connectivity index (χ3v) is 4.18. The number of aromatic hydroxyl groups is 4. The highest BCUT2D eigenvalue weighted by molar-refractivity contribution is 6.05. The van der Waals surface area contributed by atoms with Crippen LogP contribution in [0.5, 0.6) is 23.0 Å². The fourth-order valence-corrected chi connectivity index (χ4v) is 2.82. The standard InChI is InChI=1S/C20H12O8/c21-13-4-2-9(5-14(13)22)1-3-10-6-17-18(20(26)27-10)11-7-15(23)16(24)8-12(11)19(25)28-17/h1-8,21-24H. The lowest BCUT2D eigenvalue weighted by molar-refractivity contribution is 0.403. The van der Waals surface area contributed by atoms with Crippen LogP contribution in [0.25, 0.3) is 33.9 Å². The summed E-state index contributed by atoms with van der Waals surface area (Å²) in [6.45, 7) is 0. The Morgan fingerprint density at radius 1 is 0.679 bits per heavy atom. The molecule has 4 N–H and O–H groups in total. The van der Waals surface area contributed by atoms with Crippen LogP contribution in [0.3, 0.4) is 0 Å². The number of rotatable bonds is 2. The van der Waals surface area contributed by atoms with Crippen LogP contribution in [-0.2, 0) is 0 Å². The molecule has 140 valence electrons. The first-order valence-corrected chi connectivity index (χ1v) is 8.00. The normalized spacial score (nSPS) is 11.6. The van der Waals surface area contributed by atoms with Crippen LogP contribution < -0.4 is 11.3 Å². The molecule has 8 heteroatoms. The maximum atomic E-state index is 12.5. The molecule has 28 heavy (non-hydrogen) atoms. The second-order valence-electron chi connectivity index (χ2n) is 6.03. The lowest BCUT2D eigenvalue weighted by Crippen LogP contribution is -2.07. The summed E-state index contributed by atoms with van der Waals surface area (Å²) in [5, 5.41) is 38.1. The molecule has 0 saturated heterocycles. The minimum absolute atomic E-state index is 0.0490. The molecule has 4 rings (SSSR count). The lowest BCUT2D eigenvalue weighted by Gasteiger charge is -2.04. The number of benzene rings is 2. The molecule has 0 amide bonds. The van der Waals surface area contributed by atoms with Gasteiger partial charge in [-0.3, -0.25) is 0 Å². The van der Waals surface area contributed by atoms with E-state index in [0.717, 1.165) is 12.1 Å². The molecule has 0 bridgehead atoms. The van der Waals surface area contributed by atoms with Gasteiger partial charge in [0.2, 0.25) is 0 Å². The molecule has 2 heterocycles. The number of phenolic OH excluding ortho intramolecular Hbond substituents is 4. The Morgan fingerprint density at radius 2 is 1.36 bits per heavy atom. The van der Waals surface area contributed by atoms with Crippen LogP contribution in [0.4, 0.5) is 0 Å². The van der Waals surface area contributed by atoms with Gasteiger partial charge >= 0.3 is 11.3 Å². The van der Waals surface area contributed by atoms with Gasteiger partial charge in [-0.1, -0.05) is 12.1 Å². The Bertz CT molecular complexity index is 1390. The third-order valence-electron chi connectivity index (χ3n) is 4.18. The van der Waals surface area contributed by atoms with Crippen molar-refractivity contribution in [3.63, 3.8) is 0 Å². The van der Waals surface area contributed by atoms with E-state index in [1.165, 1.54) is 36.4 Å². The maximum Gasteiger partial charge on any atom is 0.348 e. The average Bonchev–Trinajstić information content (AvgIpc) is 2.64. The van der Waals surface area contributed by atoms with Crippen molar-refractivity contribution in [1.82, 2.24) is 0 Å². The monoisotopic (exact) mass is 380 g/mol. The molecule has 0 atom stereocenters. The second kappa shape index (κ2) is 6.20. The predicted octanol–water partition coefficient (Wildman–Crippen LogP) is 2.89. The van der Waals surface area contributed by atoms with E-state index >= 15 is 0 Å². The minimum Gasteiger partial charge on any atom is -0.504 e. The van der Waals surface area contributed by atoms with E-state index in [2.05, 4.69) is 0 Å². The van der Waals surface area contributed by atoms with Crippen molar-refractivity contribution in [2.24, 2.45) is 0 Å². The maximum absolute atomic E-state index is 12.5. The van der Waals surface area contributed by atoms with Crippen LogP contribution in [0.15, 0.2) is 54.8 Å². The molecular formula is C20H12O8. The summed E-state index contributed by atoms with van der Waals surface area (Å²) in [7, 11) is 0. The van der Waals surface area contributed by atoms with Crippen LogP contribution >= 0.6 is 0 Å². The van der Waals surface area contributed by atoms with Gasteiger partial charge in [-0.05, 0) is 35.9 Å². The SMILES string of the molecule is O=c1oc2cc(C=Cc3ccc(O)c(O)c3)oc(=O)c2c2cc(O)c(O)cc12. The van der Waals surface area contributed by atoms with E-state index in [4.69, 9.17) is 8.83 Å². The highest BCUT2D eigenvalue weighted by atomic mass is 16.4. The topological polar surface area (TPSA) is 141 Å². The van der Waals surface area contributed by atoms with Crippen LogP contribution in [0, 0.1) is 0 Å². The van der Waals surface area contributed by atoms with E-state index in [1.54, 1.807) is 0 Å². The zero-order chi connectivity index (χ0) is 20.0. The third kappa shape index (κ3) is 2.82. The fraction of sp³-hybridized carbons (Fsp3) is 0. The summed E-state index contributed by atoms with van der Waals surface area (Å²) in [6, 6.07) is 7.59. The Kier molecular flexibility index (Phi) is 3.82. The van der Waals surface area contributed by atoms with E-state index in [1.807, 2.05) is 0 Å².